The SMILES string of the molecule is C=CCNCC(=O)NC(C)c1ccc(C(C)C)cc1. The lowest BCUT2D eigenvalue weighted by atomic mass is 9.99. The summed E-state index contributed by atoms with van der Waals surface area (Å²) in [5.74, 6) is 0.532. The normalized spacial score (nSPS) is 12.2. The molecule has 0 saturated heterocycles. The zero-order valence-corrected chi connectivity index (χ0v) is 12.1. The van der Waals surface area contributed by atoms with Crippen molar-refractivity contribution in [1.82, 2.24) is 10.6 Å². The van der Waals surface area contributed by atoms with Crippen molar-refractivity contribution in [3.05, 3.63) is 48.0 Å². The first-order valence-corrected chi connectivity index (χ1v) is 6.75. The van der Waals surface area contributed by atoms with Crippen LogP contribution in [0.2, 0.25) is 0 Å². The van der Waals surface area contributed by atoms with Gasteiger partial charge < -0.3 is 10.6 Å². The maximum absolute atomic E-state index is 11.7. The Hall–Kier alpha value is -1.61. The van der Waals surface area contributed by atoms with E-state index in [2.05, 4.69) is 55.3 Å². The molecule has 19 heavy (non-hydrogen) atoms. The second-order valence-corrected chi connectivity index (χ2v) is 5.03. The van der Waals surface area contributed by atoms with Gasteiger partial charge in [-0.25, -0.2) is 0 Å². The Balaban J connectivity index is 2.50. The standard InChI is InChI=1S/C16H24N2O/c1-5-10-17-11-16(19)18-13(4)15-8-6-14(7-9-15)12(2)3/h5-9,12-13,17H,1,10-11H2,2-4H3,(H,18,19). The van der Waals surface area contributed by atoms with Gasteiger partial charge in [0.25, 0.3) is 0 Å². The number of carbonyl (C=O) groups excluding carboxylic acids is 1. The fourth-order valence-corrected chi connectivity index (χ4v) is 1.83. The van der Waals surface area contributed by atoms with E-state index in [1.54, 1.807) is 6.08 Å². The lowest BCUT2D eigenvalue weighted by molar-refractivity contribution is -0.120. The Morgan fingerprint density at radius 1 is 1.21 bits per heavy atom. The number of hydrogen-bond donors (Lipinski definition) is 2. The second kappa shape index (κ2) is 7.74. The third-order valence-electron chi connectivity index (χ3n) is 3.05. The van der Waals surface area contributed by atoms with Crippen LogP contribution in [0.25, 0.3) is 0 Å². The molecule has 1 aromatic carbocycles. The third-order valence-corrected chi connectivity index (χ3v) is 3.05. The molecule has 1 unspecified atom stereocenters. The molecule has 0 aliphatic rings. The molecule has 1 amide bonds. The van der Waals surface area contributed by atoms with Crippen molar-refractivity contribution in [2.75, 3.05) is 13.1 Å². The topological polar surface area (TPSA) is 41.1 Å². The van der Waals surface area contributed by atoms with Gasteiger partial charge in [-0.2, -0.15) is 0 Å². The molecular formula is C16H24N2O. The zero-order chi connectivity index (χ0) is 14.3. The second-order valence-electron chi connectivity index (χ2n) is 5.03. The summed E-state index contributed by atoms with van der Waals surface area (Å²) in [7, 11) is 0. The van der Waals surface area contributed by atoms with Gasteiger partial charge in [-0.3, -0.25) is 4.79 Å². The van der Waals surface area contributed by atoms with Gasteiger partial charge in [0.1, 0.15) is 0 Å². The van der Waals surface area contributed by atoms with Gasteiger partial charge in [-0.05, 0) is 24.0 Å². The van der Waals surface area contributed by atoms with Crippen LogP contribution in [-0.2, 0) is 4.79 Å². The highest BCUT2D eigenvalue weighted by atomic mass is 16.1. The van der Waals surface area contributed by atoms with Crippen molar-refractivity contribution in [3.63, 3.8) is 0 Å². The molecule has 3 heteroatoms. The Morgan fingerprint density at radius 2 is 1.79 bits per heavy atom. The molecule has 104 valence electrons. The van der Waals surface area contributed by atoms with Crippen LogP contribution in [0, 0.1) is 0 Å². The molecule has 0 fully saturated rings. The fourth-order valence-electron chi connectivity index (χ4n) is 1.83. The summed E-state index contributed by atoms with van der Waals surface area (Å²) >= 11 is 0. The summed E-state index contributed by atoms with van der Waals surface area (Å²) in [6, 6.07) is 8.44. The summed E-state index contributed by atoms with van der Waals surface area (Å²) in [4.78, 5) is 11.7. The number of amides is 1. The summed E-state index contributed by atoms with van der Waals surface area (Å²) in [6.45, 7) is 10.9. The highest BCUT2D eigenvalue weighted by Crippen LogP contribution is 2.18. The average Bonchev–Trinajstić information content (AvgIpc) is 2.39. The van der Waals surface area contributed by atoms with Crippen LogP contribution in [-0.4, -0.2) is 19.0 Å². The summed E-state index contributed by atoms with van der Waals surface area (Å²) in [6.07, 6.45) is 1.74. The number of benzene rings is 1. The van der Waals surface area contributed by atoms with Crippen LogP contribution in [0.1, 0.15) is 43.9 Å². The zero-order valence-electron chi connectivity index (χ0n) is 12.1. The van der Waals surface area contributed by atoms with E-state index in [0.29, 0.717) is 19.0 Å². The Morgan fingerprint density at radius 3 is 2.32 bits per heavy atom. The number of carbonyl (C=O) groups is 1. The first kappa shape index (κ1) is 15.4. The van der Waals surface area contributed by atoms with Crippen molar-refractivity contribution in [1.29, 1.82) is 0 Å². The van der Waals surface area contributed by atoms with Gasteiger partial charge in [-0.15, -0.1) is 6.58 Å². The molecule has 0 aliphatic heterocycles. The molecule has 3 nitrogen and oxygen atoms in total. The summed E-state index contributed by atoms with van der Waals surface area (Å²) in [5.41, 5.74) is 2.44. The van der Waals surface area contributed by atoms with Crippen LogP contribution < -0.4 is 10.6 Å². The smallest absolute Gasteiger partial charge is 0.234 e. The number of rotatable bonds is 7. The van der Waals surface area contributed by atoms with E-state index in [1.807, 2.05) is 6.92 Å². The molecule has 0 heterocycles. The van der Waals surface area contributed by atoms with Gasteiger partial charge in [0.15, 0.2) is 0 Å². The van der Waals surface area contributed by atoms with E-state index < -0.39 is 0 Å². The fraction of sp³-hybridized carbons (Fsp3) is 0.438. The van der Waals surface area contributed by atoms with Gasteiger partial charge >= 0.3 is 0 Å². The van der Waals surface area contributed by atoms with Gasteiger partial charge in [0.05, 0.1) is 12.6 Å². The molecule has 1 atom stereocenters. The molecule has 1 aromatic rings. The van der Waals surface area contributed by atoms with Crippen molar-refractivity contribution < 1.29 is 4.79 Å². The summed E-state index contributed by atoms with van der Waals surface area (Å²) in [5, 5.41) is 5.95. The molecule has 0 aliphatic carbocycles. The minimum absolute atomic E-state index is 0.00212. The largest absolute Gasteiger partial charge is 0.348 e. The van der Waals surface area contributed by atoms with Crippen molar-refractivity contribution >= 4 is 5.91 Å². The molecule has 1 rings (SSSR count). The predicted molar refractivity (Wildman–Crippen MR) is 80.2 cm³/mol. The Kier molecular flexibility index (Phi) is 6.30. The first-order chi connectivity index (χ1) is 9.04. The maximum atomic E-state index is 11.7. The summed E-state index contributed by atoms with van der Waals surface area (Å²) < 4.78 is 0. The van der Waals surface area contributed by atoms with E-state index in [1.165, 1.54) is 5.56 Å². The monoisotopic (exact) mass is 260 g/mol. The molecular weight excluding hydrogens is 236 g/mol. The molecule has 0 aromatic heterocycles. The highest BCUT2D eigenvalue weighted by Gasteiger charge is 2.09. The number of hydrogen-bond acceptors (Lipinski definition) is 2. The minimum Gasteiger partial charge on any atom is -0.348 e. The van der Waals surface area contributed by atoms with Crippen LogP contribution in [0.4, 0.5) is 0 Å². The van der Waals surface area contributed by atoms with Crippen molar-refractivity contribution in [2.24, 2.45) is 0 Å². The lowest BCUT2D eigenvalue weighted by Crippen LogP contribution is -2.35. The molecule has 0 radical (unpaired) electrons. The quantitative estimate of drug-likeness (QED) is 0.584. The maximum Gasteiger partial charge on any atom is 0.234 e. The minimum atomic E-state index is 0.00212. The molecule has 0 saturated carbocycles. The van der Waals surface area contributed by atoms with Gasteiger partial charge in [-0.1, -0.05) is 44.2 Å². The van der Waals surface area contributed by atoms with Crippen LogP contribution >= 0.6 is 0 Å². The van der Waals surface area contributed by atoms with Gasteiger partial charge in [0.2, 0.25) is 5.91 Å². The average molecular weight is 260 g/mol. The van der Waals surface area contributed by atoms with Gasteiger partial charge in [0, 0.05) is 6.54 Å². The van der Waals surface area contributed by atoms with Crippen LogP contribution in [0.15, 0.2) is 36.9 Å². The van der Waals surface area contributed by atoms with E-state index in [-0.39, 0.29) is 11.9 Å². The predicted octanol–water partition coefficient (Wildman–Crippen LogP) is 2.76. The van der Waals surface area contributed by atoms with Crippen molar-refractivity contribution in [2.45, 2.75) is 32.7 Å². The van der Waals surface area contributed by atoms with Crippen molar-refractivity contribution in [3.8, 4) is 0 Å². The highest BCUT2D eigenvalue weighted by molar-refractivity contribution is 5.78. The number of nitrogens with one attached hydrogen (secondary N) is 2. The molecule has 0 bridgehead atoms. The Bertz CT molecular complexity index is 409. The van der Waals surface area contributed by atoms with E-state index in [4.69, 9.17) is 0 Å². The molecule has 0 spiro atoms. The Labute approximate surface area is 116 Å². The van der Waals surface area contributed by atoms with E-state index in [0.717, 1.165) is 5.56 Å². The van der Waals surface area contributed by atoms with Crippen LogP contribution in [0.3, 0.4) is 0 Å². The first-order valence-electron chi connectivity index (χ1n) is 6.75. The van der Waals surface area contributed by atoms with E-state index in [9.17, 15) is 4.79 Å². The van der Waals surface area contributed by atoms with Crippen LogP contribution in [0.5, 0.6) is 0 Å². The third kappa shape index (κ3) is 5.26. The van der Waals surface area contributed by atoms with E-state index >= 15 is 0 Å². The molecule has 2 N–H and O–H groups in total. The lowest BCUT2D eigenvalue weighted by Gasteiger charge is -2.15.